The van der Waals surface area contributed by atoms with E-state index in [0.717, 1.165) is 12.4 Å². The zero-order chi connectivity index (χ0) is 9.64. The molecule has 0 aliphatic heterocycles. The molecule has 4 nitrogen and oxygen atoms in total. The van der Waals surface area contributed by atoms with E-state index in [2.05, 4.69) is 20.3 Å². The van der Waals surface area contributed by atoms with E-state index in [1.165, 1.54) is 5.56 Å². The van der Waals surface area contributed by atoms with Crippen molar-refractivity contribution in [1.29, 1.82) is 0 Å². The molecule has 4 heteroatoms. The summed E-state index contributed by atoms with van der Waals surface area (Å²) >= 11 is 0. The van der Waals surface area contributed by atoms with Gasteiger partial charge in [0.2, 0.25) is 0 Å². The molecule has 0 spiro atoms. The second-order valence-corrected chi connectivity index (χ2v) is 2.80. The Kier molecular flexibility index (Phi) is 2.66. The molecule has 0 unspecified atom stereocenters. The van der Waals surface area contributed by atoms with E-state index in [0.29, 0.717) is 0 Å². The Hall–Kier alpha value is -1.97. The average Bonchev–Trinajstić information content (AvgIpc) is 2.29. The molecular formula is C10H10N4. The molecule has 1 N–H and O–H groups in total. The van der Waals surface area contributed by atoms with Crippen molar-refractivity contribution >= 4 is 5.82 Å². The monoisotopic (exact) mass is 186 g/mol. The van der Waals surface area contributed by atoms with E-state index >= 15 is 0 Å². The topological polar surface area (TPSA) is 50.7 Å². The maximum absolute atomic E-state index is 4.10. The first kappa shape index (κ1) is 8.62. The fraction of sp³-hybridized carbons (Fsp3) is 0.100. The average molecular weight is 186 g/mol. The van der Waals surface area contributed by atoms with Crippen LogP contribution < -0.4 is 5.32 Å². The van der Waals surface area contributed by atoms with E-state index in [1.54, 1.807) is 31.0 Å². The van der Waals surface area contributed by atoms with E-state index < -0.39 is 0 Å². The molecule has 2 aromatic heterocycles. The van der Waals surface area contributed by atoms with Gasteiger partial charge in [-0.3, -0.25) is 9.97 Å². The molecule has 0 radical (unpaired) electrons. The number of hydrogen-bond donors (Lipinski definition) is 1. The van der Waals surface area contributed by atoms with Crippen molar-refractivity contribution in [1.82, 2.24) is 15.0 Å². The van der Waals surface area contributed by atoms with Gasteiger partial charge < -0.3 is 5.32 Å². The number of anilines is 1. The molecule has 2 heterocycles. The van der Waals surface area contributed by atoms with Crippen LogP contribution in [0, 0.1) is 0 Å². The maximum atomic E-state index is 4.10. The number of nitrogens with zero attached hydrogens (tertiary/aromatic N) is 3. The van der Waals surface area contributed by atoms with Crippen molar-refractivity contribution in [3.05, 3.63) is 48.7 Å². The van der Waals surface area contributed by atoms with Gasteiger partial charge in [0.25, 0.3) is 0 Å². The summed E-state index contributed by atoms with van der Waals surface area (Å²) in [6, 6.07) is 3.92. The van der Waals surface area contributed by atoms with Gasteiger partial charge in [0.1, 0.15) is 5.82 Å². The fourth-order valence-corrected chi connectivity index (χ4v) is 1.08. The molecule has 0 saturated carbocycles. The number of pyridine rings is 1. The first-order valence-electron chi connectivity index (χ1n) is 4.34. The number of nitrogens with one attached hydrogen (secondary N) is 1. The number of hydrogen-bond acceptors (Lipinski definition) is 4. The maximum Gasteiger partial charge on any atom is 0.144 e. The molecule has 0 aliphatic carbocycles. The van der Waals surface area contributed by atoms with Crippen molar-refractivity contribution in [2.75, 3.05) is 5.32 Å². The van der Waals surface area contributed by atoms with E-state index in [9.17, 15) is 0 Å². The van der Waals surface area contributed by atoms with Crippen LogP contribution in [0.3, 0.4) is 0 Å². The van der Waals surface area contributed by atoms with Gasteiger partial charge in [-0.25, -0.2) is 4.98 Å². The third kappa shape index (κ3) is 2.26. The minimum Gasteiger partial charge on any atom is -0.365 e. The molecule has 70 valence electrons. The molecular weight excluding hydrogens is 176 g/mol. The summed E-state index contributed by atoms with van der Waals surface area (Å²) < 4.78 is 0. The lowest BCUT2D eigenvalue weighted by Crippen LogP contribution is -2.01. The molecule has 2 rings (SSSR count). The second kappa shape index (κ2) is 4.32. The lowest BCUT2D eigenvalue weighted by molar-refractivity contribution is 1.08. The molecule has 0 aromatic carbocycles. The summed E-state index contributed by atoms with van der Waals surface area (Å²) in [6.45, 7) is 0.737. The van der Waals surface area contributed by atoms with Crippen LogP contribution in [0.2, 0.25) is 0 Å². The molecule has 0 aliphatic rings. The Balaban J connectivity index is 1.96. The standard InChI is InChI=1S/C10H10N4/c1-3-11-4-2-9(1)7-14-10-8-12-5-6-13-10/h1-6,8H,7H2,(H,13,14). The minimum atomic E-state index is 0.737. The Morgan fingerprint density at radius 2 is 1.86 bits per heavy atom. The lowest BCUT2D eigenvalue weighted by Gasteiger charge is -2.03. The smallest absolute Gasteiger partial charge is 0.144 e. The van der Waals surface area contributed by atoms with Gasteiger partial charge in [0.05, 0.1) is 6.20 Å². The van der Waals surface area contributed by atoms with Gasteiger partial charge in [-0.05, 0) is 17.7 Å². The van der Waals surface area contributed by atoms with Crippen molar-refractivity contribution in [2.45, 2.75) is 6.54 Å². The van der Waals surface area contributed by atoms with Crippen LogP contribution in [0.25, 0.3) is 0 Å². The van der Waals surface area contributed by atoms with Gasteiger partial charge >= 0.3 is 0 Å². The third-order valence-corrected chi connectivity index (χ3v) is 1.79. The highest BCUT2D eigenvalue weighted by Crippen LogP contribution is 2.02. The zero-order valence-electron chi connectivity index (χ0n) is 7.59. The molecule has 14 heavy (non-hydrogen) atoms. The van der Waals surface area contributed by atoms with Crippen LogP contribution >= 0.6 is 0 Å². The molecule has 0 atom stereocenters. The fourth-order valence-electron chi connectivity index (χ4n) is 1.08. The van der Waals surface area contributed by atoms with Crippen LogP contribution in [-0.2, 0) is 6.54 Å². The molecule has 0 bridgehead atoms. The largest absolute Gasteiger partial charge is 0.365 e. The highest BCUT2D eigenvalue weighted by molar-refractivity contribution is 5.31. The van der Waals surface area contributed by atoms with E-state index in [-0.39, 0.29) is 0 Å². The van der Waals surface area contributed by atoms with Gasteiger partial charge in [0, 0.05) is 31.3 Å². The second-order valence-electron chi connectivity index (χ2n) is 2.80. The Morgan fingerprint density at radius 1 is 1.00 bits per heavy atom. The Bertz CT molecular complexity index is 334. The minimum absolute atomic E-state index is 0.737. The SMILES string of the molecule is c1cc(CNc2cnccn2)ccn1. The lowest BCUT2D eigenvalue weighted by atomic mass is 10.3. The van der Waals surface area contributed by atoms with Crippen LogP contribution in [0.5, 0.6) is 0 Å². The van der Waals surface area contributed by atoms with Crippen LogP contribution in [0.1, 0.15) is 5.56 Å². The van der Waals surface area contributed by atoms with Gasteiger partial charge in [0.15, 0.2) is 0 Å². The number of aromatic nitrogens is 3. The zero-order valence-corrected chi connectivity index (χ0v) is 7.59. The summed E-state index contributed by atoms with van der Waals surface area (Å²) in [7, 11) is 0. The normalized spacial score (nSPS) is 9.71. The van der Waals surface area contributed by atoms with Crippen LogP contribution in [-0.4, -0.2) is 15.0 Å². The van der Waals surface area contributed by atoms with Gasteiger partial charge in [-0.1, -0.05) is 0 Å². The first-order valence-corrected chi connectivity index (χ1v) is 4.34. The summed E-state index contributed by atoms with van der Waals surface area (Å²) in [5, 5.41) is 3.16. The van der Waals surface area contributed by atoms with Gasteiger partial charge in [-0.15, -0.1) is 0 Å². The summed E-state index contributed by atoms with van der Waals surface area (Å²) in [5.41, 5.74) is 1.17. The highest BCUT2D eigenvalue weighted by Gasteiger charge is 1.92. The molecule has 0 amide bonds. The van der Waals surface area contributed by atoms with Crippen LogP contribution in [0.4, 0.5) is 5.82 Å². The summed E-state index contributed by atoms with van der Waals surface area (Å²) in [5.74, 6) is 0.782. The van der Waals surface area contributed by atoms with Crippen molar-refractivity contribution in [3.63, 3.8) is 0 Å². The third-order valence-electron chi connectivity index (χ3n) is 1.79. The molecule has 0 saturated heterocycles. The quantitative estimate of drug-likeness (QED) is 0.788. The summed E-state index contributed by atoms with van der Waals surface area (Å²) in [6.07, 6.45) is 8.55. The Morgan fingerprint density at radius 3 is 2.57 bits per heavy atom. The van der Waals surface area contributed by atoms with Gasteiger partial charge in [-0.2, -0.15) is 0 Å². The van der Waals surface area contributed by atoms with Crippen molar-refractivity contribution in [2.24, 2.45) is 0 Å². The highest BCUT2D eigenvalue weighted by atomic mass is 15.0. The Labute approximate surface area is 82.1 Å². The van der Waals surface area contributed by atoms with E-state index in [1.807, 2.05) is 12.1 Å². The summed E-state index contributed by atoms with van der Waals surface area (Å²) in [4.78, 5) is 12.0. The molecule has 2 aromatic rings. The predicted octanol–water partition coefficient (Wildman–Crippen LogP) is 1.48. The van der Waals surface area contributed by atoms with Crippen molar-refractivity contribution < 1.29 is 0 Å². The van der Waals surface area contributed by atoms with E-state index in [4.69, 9.17) is 0 Å². The predicted molar refractivity (Wildman–Crippen MR) is 53.6 cm³/mol. The number of rotatable bonds is 3. The van der Waals surface area contributed by atoms with Crippen LogP contribution in [0.15, 0.2) is 43.1 Å². The molecule has 0 fully saturated rings. The first-order chi connectivity index (χ1) is 6.95. The van der Waals surface area contributed by atoms with Crippen molar-refractivity contribution in [3.8, 4) is 0 Å².